The van der Waals surface area contributed by atoms with E-state index in [1.807, 2.05) is 6.07 Å². The Bertz CT molecular complexity index is 531. The summed E-state index contributed by atoms with van der Waals surface area (Å²) in [4.78, 5) is 10.9. The molecular weight excluding hydrogens is 276 g/mol. The molecule has 0 spiro atoms. The Morgan fingerprint density at radius 1 is 1.35 bits per heavy atom. The molecule has 5 heteroatoms. The highest BCUT2D eigenvalue weighted by Crippen LogP contribution is 2.43. The number of hydrogen-bond acceptors (Lipinski definition) is 2. The highest BCUT2D eigenvalue weighted by Gasteiger charge is 2.49. The van der Waals surface area contributed by atoms with Crippen molar-refractivity contribution in [2.75, 3.05) is 7.05 Å². The maximum atomic E-state index is 11.2. The fourth-order valence-electron chi connectivity index (χ4n) is 3.94. The van der Waals surface area contributed by atoms with Gasteiger partial charge in [-0.3, -0.25) is 10.1 Å². The second-order valence-electron chi connectivity index (χ2n) is 6.18. The Kier molecular flexibility index (Phi) is 3.46. The molecule has 0 amide bonds. The normalized spacial score (nSPS) is 32.3. The standard InChI is InChI=1S/C15H19ClN2O2/c1-18(13-3-2-4-14(18)8-7-13)10-11-5-6-12(16)9-15(11)17(19)20/h2,5-6,9,13-14H,3-4,7-8,10H2,1H3/q+1. The molecule has 0 aliphatic carbocycles. The van der Waals surface area contributed by atoms with E-state index in [0.717, 1.165) is 29.4 Å². The van der Waals surface area contributed by atoms with Crippen LogP contribution in [0.3, 0.4) is 0 Å². The van der Waals surface area contributed by atoms with Crippen LogP contribution in [0.1, 0.15) is 31.2 Å². The number of piperidine rings is 1. The number of nitro benzene ring substituents is 1. The molecule has 2 fully saturated rings. The minimum Gasteiger partial charge on any atom is -0.317 e. The van der Waals surface area contributed by atoms with Gasteiger partial charge in [-0.25, -0.2) is 0 Å². The Morgan fingerprint density at radius 2 is 2.00 bits per heavy atom. The monoisotopic (exact) mass is 294 g/mol. The number of nitro groups is 1. The second-order valence-corrected chi connectivity index (χ2v) is 6.62. The molecule has 3 rings (SSSR count). The van der Waals surface area contributed by atoms with Gasteiger partial charge in [0.25, 0.3) is 5.69 Å². The highest BCUT2D eigenvalue weighted by atomic mass is 35.5. The lowest BCUT2D eigenvalue weighted by Gasteiger charge is -2.44. The van der Waals surface area contributed by atoms with Crippen molar-refractivity contribution in [3.8, 4) is 0 Å². The van der Waals surface area contributed by atoms with E-state index in [-0.39, 0.29) is 10.6 Å². The summed E-state index contributed by atoms with van der Waals surface area (Å²) in [6.07, 6.45) is 7.12. The number of quaternary nitrogens is 1. The fourth-order valence-corrected chi connectivity index (χ4v) is 4.10. The zero-order valence-electron chi connectivity index (χ0n) is 11.6. The van der Waals surface area contributed by atoms with E-state index in [4.69, 9.17) is 11.6 Å². The molecule has 0 N–H and O–H groups in total. The van der Waals surface area contributed by atoms with Crippen molar-refractivity contribution in [3.05, 3.63) is 45.3 Å². The zero-order chi connectivity index (χ0) is 14.3. The first kappa shape index (κ1) is 13.8. The molecule has 0 saturated carbocycles. The van der Waals surface area contributed by atoms with Crippen LogP contribution in [-0.2, 0) is 6.54 Å². The maximum absolute atomic E-state index is 11.2. The van der Waals surface area contributed by atoms with E-state index in [2.05, 4.69) is 13.5 Å². The molecular formula is C15H19ClN2O2+. The molecule has 20 heavy (non-hydrogen) atoms. The van der Waals surface area contributed by atoms with Gasteiger partial charge in [0.15, 0.2) is 0 Å². The van der Waals surface area contributed by atoms with Crippen molar-refractivity contribution in [2.24, 2.45) is 0 Å². The van der Waals surface area contributed by atoms with Crippen LogP contribution >= 0.6 is 11.6 Å². The molecule has 2 unspecified atom stereocenters. The first-order valence-electron chi connectivity index (χ1n) is 7.10. The van der Waals surface area contributed by atoms with Gasteiger partial charge in [0, 0.05) is 36.8 Å². The Labute approximate surface area is 124 Å². The zero-order valence-corrected chi connectivity index (χ0v) is 12.3. The van der Waals surface area contributed by atoms with Crippen LogP contribution in [0.2, 0.25) is 5.02 Å². The van der Waals surface area contributed by atoms with Gasteiger partial charge in [0.2, 0.25) is 0 Å². The topological polar surface area (TPSA) is 43.1 Å². The molecule has 107 valence electrons. The summed E-state index contributed by atoms with van der Waals surface area (Å²) in [5.74, 6) is 0. The first-order valence-corrected chi connectivity index (χ1v) is 7.48. The number of hydrogen-bond donors (Lipinski definition) is 0. The second kappa shape index (κ2) is 5.01. The van der Waals surface area contributed by atoms with Crippen LogP contribution in [0.25, 0.3) is 0 Å². The van der Waals surface area contributed by atoms with Gasteiger partial charge in [-0.2, -0.15) is 0 Å². The van der Waals surface area contributed by atoms with Gasteiger partial charge in [0.1, 0.15) is 6.54 Å². The summed E-state index contributed by atoms with van der Waals surface area (Å²) in [5.41, 5.74) is 0.964. The SMILES string of the molecule is C[N+]1(Cc2ccc(Cl)cc2[N+](=O)[O-])C2C[CH]CC1CC2. The lowest BCUT2D eigenvalue weighted by Crippen LogP contribution is -2.55. The molecule has 2 aliphatic rings. The third kappa shape index (κ3) is 2.21. The van der Waals surface area contributed by atoms with Gasteiger partial charge in [0.05, 0.1) is 29.6 Å². The van der Waals surface area contributed by atoms with Crippen molar-refractivity contribution in [3.63, 3.8) is 0 Å². The minimum atomic E-state index is -0.314. The molecule has 2 aliphatic heterocycles. The van der Waals surface area contributed by atoms with Crippen LogP contribution in [0.5, 0.6) is 0 Å². The third-order valence-electron chi connectivity index (χ3n) is 5.13. The largest absolute Gasteiger partial charge is 0.317 e. The highest BCUT2D eigenvalue weighted by molar-refractivity contribution is 6.30. The molecule has 2 bridgehead atoms. The molecule has 2 saturated heterocycles. The summed E-state index contributed by atoms with van der Waals surface area (Å²) < 4.78 is 0.943. The number of rotatable bonds is 3. The van der Waals surface area contributed by atoms with Crippen LogP contribution in [0.4, 0.5) is 5.69 Å². The third-order valence-corrected chi connectivity index (χ3v) is 5.37. The predicted octanol–water partition coefficient (Wildman–Crippen LogP) is 3.72. The quantitative estimate of drug-likeness (QED) is 0.484. The summed E-state index contributed by atoms with van der Waals surface area (Å²) in [6.45, 7) is 0.733. The van der Waals surface area contributed by atoms with Crippen molar-refractivity contribution in [2.45, 2.75) is 44.3 Å². The van der Waals surface area contributed by atoms with Crippen LogP contribution in [0, 0.1) is 16.5 Å². The van der Waals surface area contributed by atoms with Crippen molar-refractivity contribution in [1.82, 2.24) is 0 Å². The number of benzene rings is 1. The molecule has 0 aromatic heterocycles. The predicted molar refractivity (Wildman–Crippen MR) is 78.3 cm³/mol. The lowest BCUT2D eigenvalue weighted by atomic mass is 9.98. The first-order chi connectivity index (χ1) is 9.50. The van der Waals surface area contributed by atoms with Gasteiger partial charge in [-0.15, -0.1) is 0 Å². The summed E-state index contributed by atoms with van der Waals surface area (Å²) in [5, 5.41) is 11.7. The molecule has 4 nitrogen and oxygen atoms in total. The van der Waals surface area contributed by atoms with Gasteiger partial charge in [-0.05, 0) is 18.6 Å². The van der Waals surface area contributed by atoms with E-state index >= 15 is 0 Å². The molecule has 2 atom stereocenters. The fraction of sp³-hybridized carbons (Fsp3) is 0.533. The van der Waals surface area contributed by atoms with Gasteiger partial charge >= 0.3 is 0 Å². The Balaban J connectivity index is 1.93. The van der Waals surface area contributed by atoms with E-state index in [9.17, 15) is 10.1 Å². The summed E-state index contributed by atoms with van der Waals surface area (Å²) in [6, 6.07) is 6.28. The van der Waals surface area contributed by atoms with Gasteiger partial charge < -0.3 is 4.48 Å². The molecule has 1 radical (unpaired) electrons. The number of fused-ring (bicyclic) bond motifs is 2. The van der Waals surface area contributed by atoms with Crippen LogP contribution < -0.4 is 0 Å². The lowest BCUT2D eigenvalue weighted by molar-refractivity contribution is -0.959. The van der Waals surface area contributed by atoms with Crippen LogP contribution in [-0.4, -0.2) is 28.5 Å². The van der Waals surface area contributed by atoms with Crippen molar-refractivity contribution >= 4 is 17.3 Å². The summed E-state index contributed by atoms with van der Waals surface area (Å²) >= 11 is 5.89. The van der Waals surface area contributed by atoms with E-state index in [0.29, 0.717) is 17.1 Å². The van der Waals surface area contributed by atoms with Crippen molar-refractivity contribution < 1.29 is 9.41 Å². The minimum absolute atomic E-state index is 0.158. The molecule has 1 aromatic carbocycles. The Morgan fingerprint density at radius 3 is 2.60 bits per heavy atom. The van der Waals surface area contributed by atoms with Crippen LogP contribution in [0.15, 0.2) is 18.2 Å². The average Bonchev–Trinajstić information content (AvgIpc) is 2.60. The van der Waals surface area contributed by atoms with Crippen molar-refractivity contribution in [1.29, 1.82) is 0 Å². The molecule has 2 heterocycles. The summed E-state index contributed by atoms with van der Waals surface area (Å²) in [7, 11) is 2.26. The number of nitrogens with zero attached hydrogens (tertiary/aromatic N) is 2. The number of halogens is 1. The smallest absolute Gasteiger partial charge is 0.279 e. The van der Waals surface area contributed by atoms with Gasteiger partial charge in [-0.1, -0.05) is 11.6 Å². The molecule has 1 aromatic rings. The Hall–Kier alpha value is -1.13. The van der Waals surface area contributed by atoms with E-state index in [1.54, 1.807) is 6.07 Å². The average molecular weight is 295 g/mol. The van der Waals surface area contributed by atoms with E-state index < -0.39 is 0 Å². The maximum Gasteiger partial charge on any atom is 0.279 e. The van der Waals surface area contributed by atoms with E-state index in [1.165, 1.54) is 18.9 Å².